The van der Waals surface area contributed by atoms with Gasteiger partial charge in [0.25, 0.3) is 0 Å². The molecule has 28 heavy (non-hydrogen) atoms. The minimum Gasteiger partial charge on any atom is -0.496 e. The number of benzene rings is 1. The standard InChI is InChI=1S/C25H42O3/c1-8-9-10-11-14-24(2,3)18-15-21(27-6)23(22(16-18)28-7)20-13-12-19(26)17-25(20,4)5/h15-16,19-20,26H,8-14,17H2,1-7H3. The third-order valence-electron chi connectivity index (χ3n) is 6.82. The quantitative estimate of drug-likeness (QED) is 0.482. The molecule has 0 aromatic heterocycles. The van der Waals surface area contributed by atoms with E-state index in [9.17, 15) is 5.11 Å². The number of ether oxygens (including phenoxy) is 2. The Morgan fingerprint density at radius 3 is 2.14 bits per heavy atom. The monoisotopic (exact) mass is 390 g/mol. The predicted octanol–water partition coefficient (Wildman–Crippen LogP) is 6.61. The highest BCUT2D eigenvalue weighted by atomic mass is 16.5. The first-order valence-corrected chi connectivity index (χ1v) is 11.1. The third-order valence-corrected chi connectivity index (χ3v) is 6.82. The van der Waals surface area contributed by atoms with Crippen LogP contribution in [0, 0.1) is 5.41 Å². The first-order valence-electron chi connectivity index (χ1n) is 11.1. The molecule has 0 spiro atoms. The first-order chi connectivity index (χ1) is 13.2. The number of rotatable bonds is 9. The van der Waals surface area contributed by atoms with Gasteiger partial charge in [-0.1, -0.05) is 60.3 Å². The molecule has 1 saturated carbocycles. The molecule has 1 fully saturated rings. The molecular weight excluding hydrogens is 348 g/mol. The summed E-state index contributed by atoms with van der Waals surface area (Å²) in [6, 6.07) is 4.47. The van der Waals surface area contributed by atoms with Crippen LogP contribution in [0.1, 0.15) is 103 Å². The van der Waals surface area contributed by atoms with Gasteiger partial charge in [-0.15, -0.1) is 0 Å². The Labute approximate surface area is 172 Å². The molecule has 160 valence electrons. The summed E-state index contributed by atoms with van der Waals surface area (Å²) in [7, 11) is 3.53. The highest BCUT2D eigenvalue weighted by Crippen LogP contribution is 2.53. The van der Waals surface area contributed by atoms with Crippen LogP contribution in [0.2, 0.25) is 0 Å². The average molecular weight is 391 g/mol. The van der Waals surface area contributed by atoms with Crippen molar-refractivity contribution in [3.8, 4) is 11.5 Å². The SMILES string of the molecule is CCCCCCC(C)(C)c1cc(OC)c(C2CCC(O)CC2(C)C)c(OC)c1. The van der Waals surface area contributed by atoms with E-state index in [0.717, 1.165) is 30.8 Å². The lowest BCUT2D eigenvalue weighted by molar-refractivity contribution is 0.0486. The molecule has 0 radical (unpaired) electrons. The number of unbranched alkanes of at least 4 members (excludes halogenated alkanes) is 3. The van der Waals surface area contributed by atoms with Crippen molar-refractivity contribution >= 4 is 0 Å². The Morgan fingerprint density at radius 1 is 1.04 bits per heavy atom. The van der Waals surface area contributed by atoms with Gasteiger partial charge in [-0.05, 0) is 60.1 Å². The van der Waals surface area contributed by atoms with Gasteiger partial charge < -0.3 is 14.6 Å². The van der Waals surface area contributed by atoms with Crippen molar-refractivity contribution in [3.63, 3.8) is 0 Å². The Kier molecular flexibility index (Phi) is 7.84. The average Bonchev–Trinajstić information content (AvgIpc) is 2.63. The first kappa shape index (κ1) is 23.1. The second-order valence-electron chi connectivity index (χ2n) is 9.97. The van der Waals surface area contributed by atoms with Gasteiger partial charge >= 0.3 is 0 Å². The molecule has 0 saturated heterocycles. The summed E-state index contributed by atoms with van der Waals surface area (Å²) >= 11 is 0. The maximum atomic E-state index is 10.2. The largest absolute Gasteiger partial charge is 0.496 e. The molecular formula is C25H42O3. The minimum absolute atomic E-state index is 0.00934. The fourth-order valence-electron chi connectivity index (χ4n) is 4.95. The minimum atomic E-state index is -0.204. The van der Waals surface area contributed by atoms with Crippen molar-refractivity contribution in [2.75, 3.05) is 14.2 Å². The zero-order valence-corrected chi connectivity index (χ0v) is 19.2. The maximum Gasteiger partial charge on any atom is 0.126 e. The van der Waals surface area contributed by atoms with E-state index in [1.807, 2.05) is 0 Å². The van der Waals surface area contributed by atoms with E-state index in [1.54, 1.807) is 14.2 Å². The van der Waals surface area contributed by atoms with Crippen LogP contribution in [-0.4, -0.2) is 25.4 Å². The van der Waals surface area contributed by atoms with Gasteiger partial charge in [-0.3, -0.25) is 0 Å². The lowest BCUT2D eigenvalue weighted by Gasteiger charge is -2.42. The van der Waals surface area contributed by atoms with Gasteiger partial charge in [-0.2, -0.15) is 0 Å². The van der Waals surface area contributed by atoms with Crippen LogP contribution in [0.5, 0.6) is 11.5 Å². The smallest absolute Gasteiger partial charge is 0.126 e. The van der Waals surface area contributed by atoms with Crippen LogP contribution < -0.4 is 9.47 Å². The summed E-state index contributed by atoms with van der Waals surface area (Å²) < 4.78 is 11.8. The molecule has 2 unspecified atom stereocenters. The molecule has 0 heterocycles. The van der Waals surface area contributed by atoms with Gasteiger partial charge in [0, 0.05) is 5.56 Å². The highest BCUT2D eigenvalue weighted by Gasteiger charge is 2.40. The number of aliphatic hydroxyl groups excluding tert-OH is 1. The van der Waals surface area contributed by atoms with Crippen molar-refractivity contribution < 1.29 is 14.6 Å². The van der Waals surface area contributed by atoms with E-state index >= 15 is 0 Å². The van der Waals surface area contributed by atoms with Crippen LogP contribution in [-0.2, 0) is 5.41 Å². The van der Waals surface area contributed by atoms with Crippen molar-refractivity contribution in [2.24, 2.45) is 5.41 Å². The zero-order chi connectivity index (χ0) is 20.9. The third kappa shape index (κ3) is 5.23. The molecule has 0 aliphatic heterocycles. The molecule has 1 aliphatic carbocycles. The van der Waals surface area contributed by atoms with Crippen LogP contribution in [0.4, 0.5) is 0 Å². The van der Waals surface area contributed by atoms with Crippen molar-refractivity contribution in [2.45, 2.75) is 103 Å². The molecule has 0 bridgehead atoms. The zero-order valence-electron chi connectivity index (χ0n) is 19.2. The van der Waals surface area contributed by atoms with E-state index in [2.05, 4.69) is 46.8 Å². The van der Waals surface area contributed by atoms with Gasteiger partial charge in [0.05, 0.1) is 20.3 Å². The number of aliphatic hydroxyl groups is 1. The van der Waals surface area contributed by atoms with Gasteiger partial charge in [0.1, 0.15) is 11.5 Å². The number of hydrogen-bond acceptors (Lipinski definition) is 3. The second-order valence-corrected chi connectivity index (χ2v) is 9.97. The van der Waals surface area contributed by atoms with Crippen LogP contribution >= 0.6 is 0 Å². The molecule has 3 nitrogen and oxygen atoms in total. The fourth-order valence-corrected chi connectivity index (χ4v) is 4.95. The summed E-state index contributed by atoms with van der Waals surface area (Å²) in [5.74, 6) is 2.19. The summed E-state index contributed by atoms with van der Waals surface area (Å²) in [6.07, 6.45) is 8.70. The molecule has 2 rings (SSSR count). The summed E-state index contributed by atoms with van der Waals surface area (Å²) in [4.78, 5) is 0. The molecule has 0 amide bonds. The predicted molar refractivity (Wildman–Crippen MR) is 118 cm³/mol. The van der Waals surface area contributed by atoms with Crippen molar-refractivity contribution in [3.05, 3.63) is 23.3 Å². The molecule has 1 aromatic rings. The maximum absolute atomic E-state index is 10.2. The lowest BCUT2D eigenvalue weighted by atomic mass is 9.64. The summed E-state index contributed by atoms with van der Waals surface area (Å²) in [6.45, 7) is 11.4. The number of methoxy groups -OCH3 is 2. The van der Waals surface area contributed by atoms with E-state index in [0.29, 0.717) is 5.92 Å². The Bertz CT molecular complexity index is 608. The van der Waals surface area contributed by atoms with E-state index in [1.165, 1.54) is 43.2 Å². The Balaban J connectivity index is 2.39. The van der Waals surface area contributed by atoms with E-state index in [-0.39, 0.29) is 16.9 Å². The van der Waals surface area contributed by atoms with Crippen LogP contribution in [0.25, 0.3) is 0 Å². The molecule has 1 N–H and O–H groups in total. The number of hydrogen-bond donors (Lipinski definition) is 1. The van der Waals surface area contributed by atoms with Gasteiger partial charge in [0.2, 0.25) is 0 Å². The van der Waals surface area contributed by atoms with E-state index in [4.69, 9.17) is 9.47 Å². The topological polar surface area (TPSA) is 38.7 Å². The Hall–Kier alpha value is -1.22. The van der Waals surface area contributed by atoms with Crippen LogP contribution in [0.15, 0.2) is 12.1 Å². The fraction of sp³-hybridized carbons (Fsp3) is 0.760. The highest BCUT2D eigenvalue weighted by molar-refractivity contribution is 5.52. The van der Waals surface area contributed by atoms with Crippen LogP contribution in [0.3, 0.4) is 0 Å². The molecule has 1 aliphatic rings. The summed E-state index contributed by atoms with van der Waals surface area (Å²) in [5.41, 5.74) is 2.56. The van der Waals surface area contributed by atoms with Crippen molar-refractivity contribution in [1.82, 2.24) is 0 Å². The second kappa shape index (κ2) is 9.52. The van der Waals surface area contributed by atoms with Gasteiger partial charge in [-0.25, -0.2) is 0 Å². The molecule has 1 aromatic carbocycles. The van der Waals surface area contributed by atoms with Gasteiger partial charge in [0.15, 0.2) is 0 Å². The van der Waals surface area contributed by atoms with E-state index < -0.39 is 0 Å². The van der Waals surface area contributed by atoms with Crippen molar-refractivity contribution in [1.29, 1.82) is 0 Å². The normalized spacial score (nSPS) is 22.1. The molecule has 2 atom stereocenters. The summed E-state index contributed by atoms with van der Waals surface area (Å²) in [5, 5.41) is 10.2. The Morgan fingerprint density at radius 2 is 1.64 bits per heavy atom. The molecule has 3 heteroatoms. The lowest BCUT2D eigenvalue weighted by Crippen LogP contribution is -2.33.